The zero-order valence-corrected chi connectivity index (χ0v) is 11.5. The third-order valence-electron chi connectivity index (χ3n) is 4.92. The van der Waals surface area contributed by atoms with Gasteiger partial charge in [0.05, 0.1) is 0 Å². The predicted molar refractivity (Wildman–Crippen MR) is 76.8 cm³/mol. The van der Waals surface area contributed by atoms with Crippen LogP contribution in [0.3, 0.4) is 0 Å². The third kappa shape index (κ3) is 2.95. The molecule has 0 saturated heterocycles. The molecule has 1 N–H and O–H groups in total. The van der Waals surface area contributed by atoms with Crippen molar-refractivity contribution < 1.29 is 0 Å². The summed E-state index contributed by atoms with van der Waals surface area (Å²) in [5, 5.41) is 3.80. The molecule has 18 heavy (non-hydrogen) atoms. The molecule has 2 fully saturated rings. The minimum atomic E-state index is 0.649. The van der Waals surface area contributed by atoms with Crippen LogP contribution < -0.4 is 5.32 Å². The smallest absolute Gasteiger partial charge is 0.00677 e. The summed E-state index contributed by atoms with van der Waals surface area (Å²) in [4.78, 5) is 0. The largest absolute Gasteiger partial charge is 0.313 e. The van der Waals surface area contributed by atoms with Crippen LogP contribution >= 0.6 is 0 Å². The van der Waals surface area contributed by atoms with E-state index in [2.05, 4.69) is 42.6 Å². The van der Waals surface area contributed by atoms with Crippen molar-refractivity contribution in [2.24, 2.45) is 5.41 Å². The van der Waals surface area contributed by atoms with Gasteiger partial charge in [0.2, 0.25) is 0 Å². The van der Waals surface area contributed by atoms with Crippen molar-refractivity contribution in [2.45, 2.75) is 57.4 Å². The fraction of sp³-hybridized carbons (Fsp3) is 0.647. The molecule has 0 bridgehead atoms. The maximum absolute atomic E-state index is 3.80. The Morgan fingerprint density at radius 1 is 1.06 bits per heavy atom. The Morgan fingerprint density at radius 2 is 1.72 bits per heavy atom. The Labute approximate surface area is 111 Å². The Bertz CT molecular complexity index is 372. The maximum Gasteiger partial charge on any atom is 0.00677 e. The molecule has 1 aromatic rings. The molecule has 0 heterocycles. The van der Waals surface area contributed by atoms with Crippen LogP contribution in [0.25, 0.3) is 0 Å². The number of hydrogen-bond donors (Lipinski definition) is 1. The first kappa shape index (κ1) is 12.2. The Kier molecular flexibility index (Phi) is 3.43. The van der Waals surface area contributed by atoms with Gasteiger partial charge >= 0.3 is 0 Å². The Morgan fingerprint density at radius 3 is 2.33 bits per heavy atom. The lowest BCUT2D eigenvalue weighted by molar-refractivity contribution is 0.323. The van der Waals surface area contributed by atoms with E-state index in [1.54, 1.807) is 5.56 Å². The molecule has 0 radical (unpaired) electrons. The highest BCUT2D eigenvalue weighted by Gasteiger charge is 2.37. The molecule has 0 aliphatic heterocycles. The van der Waals surface area contributed by atoms with Gasteiger partial charge in [-0.25, -0.2) is 0 Å². The van der Waals surface area contributed by atoms with Crippen LogP contribution in [-0.4, -0.2) is 12.6 Å². The van der Waals surface area contributed by atoms with Gasteiger partial charge in [0.1, 0.15) is 0 Å². The van der Waals surface area contributed by atoms with Crippen LogP contribution in [-0.2, 0) is 0 Å². The molecule has 3 rings (SSSR count). The van der Waals surface area contributed by atoms with Gasteiger partial charge in [-0.15, -0.1) is 0 Å². The summed E-state index contributed by atoms with van der Waals surface area (Å²) in [5.74, 6) is 0.806. The molecule has 1 nitrogen and oxygen atoms in total. The summed E-state index contributed by atoms with van der Waals surface area (Å²) in [6.45, 7) is 3.66. The molecule has 2 aliphatic carbocycles. The quantitative estimate of drug-likeness (QED) is 0.839. The van der Waals surface area contributed by atoms with Crippen molar-refractivity contribution in [1.82, 2.24) is 5.32 Å². The average molecular weight is 243 g/mol. The molecule has 0 unspecified atom stereocenters. The molecule has 98 valence electrons. The second-order valence-electron chi connectivity index (χ2n) is 6.65. The molecule has 0 amide bonds. The van der Waals surface area contributed by atoms with Gasteiger partial charge in [-0.3, -0.25) is 0 Å². The number of hydrogen-bond acceptors (Lipinski definition) is 1. The van der Waals surface area contributed by atoms with Gasteiger partial charge in [0.25, 0.3) is 0 Å². The first-order chi connectivity index (χ1) is 8.75. The normalized spacial score (nSPS) is 30.1. The Balaban J connectivity index is 1.46. The van der Waals surface area contributed by atoms with Crippen molar-refractivity contribution in [3.63, 3.8) is 0 Å². The molecular weight excluding hydrogens is 218 g/mol. The Hall–Kier alpha value is -0.820. The van der Waals surface area contributed by atoms with Gasteiger partial charge in [0.15, 0.2) is 0 Å². The monoisotopic (exact) mass is 243 g/mol. The van der Waals surface area contributed by atoms with E-state index in [9.17, 15) is 0 Å². The van der Waals surface area contributed by atoms with Gasteiger partial charge in [-0.2, -0.15) is 0 Å². The lowest BCUT2D eigenvalue weighted by atomic mass is 9.81. The van der Waals surface area contributed by atoms with Crippen LogP contribution in [0, 0.1) is 5.41 Å². The van der Waals surface area contributed by atoms with Gasteiger partial charge in [0, 0.05) is 12.6 Å². The lowest BCUT2D eigenvalue weighted by Gasteiger charge is -2.30. The minimum Gasteiger partial charge on any atom is -0.313 e. The lowest BCUT2D eigenvalue weighted by Crippen LogP contribution is -2.36. The minimum absolute atomic E-state index is 0.649. The van der Waals surface area contributed by atoms with Gasteiger partial charge < -0.3 is 5.32 Å². The van der Waals surface area contributed by atoms with E-state index in [0.29, 0.717) is 5.41 Å². The second-order valence-corrected chi connectivity index (χ2v) is 6.65. The van der Waals surface area contributed by atoms with E-state index in [1.165, 1.54) is 45.1 Å². The van der Waals surface area contributed by atoms with Crippen LogP contribution in [0.1, 0.15) is 56.9 Å². The van der Waals surface area contributed by atoms with Crippen molar-refractivity contribution >= 4 is 0 Å². The number of rotatable bonds is 4. The van der Waals surface area contributed by atoms with Crippen molar-refractivity contribution in [1.29, 1.82) is 0 Å². The SMILES string of the molecule is CC1(CNC2CCC(c3ccccc3)CC2)CC1. The molecule has 0 atom stereocenters. The summed E-state index contributed by atoms with van der Waals surface area (Å²) in [6.07, 6.45) is 8.29. The molecule has 0 spiro atoms. The van der Waals surface area contributed by atoms with Crippen LogP contribution in [0.2, 0.25) is 0 Å². The van der Waals surface area contributed by atoms with Crippen LogP contribution in [0.5, 0.6) is 0 Å². The summed E-state index contributed by atoms with van der Waals surface area (Å²) in [7, 11) is 0. The summed E-state index contributed by atoms with van der Waals surface area (Å²) < 4.78 is 0. The molecule has 2 aliphatic rings. The summed E-state index contributed by atoms with van der Waals surface area (Å²) >= 11 is 0. The zero-order valence-electron chi connectivity index (χ0n) is 11.5. The first-order valence-corrected chi connectivity index (χ1v) is 7.54. The van der Waals surface area contributed by atoms with Crippen molar-refractivity contribution in [3.8, 4) is 0 Å². The predicted octanol–water partition coefficient (Wildman–Crippen LogP) is 4.10. The molecule has 1 aromatic carbocycles. The van der Waals surface area contributed by atoms with Crippen molar-refractivity contribution in [2.75, 3.05) is 6.54 Å². The molecule has 1 heteroatoms. The highest BCUT2D eigenvalue weighted by atomic mass is 14.9. The highest BCUT2D eigenvalue weighted by Crippen LogP contribution is 2.44. The standard InChI is InChI=1S/C17H25N/c1-17(11-12-17)13-18-16-9-7-15(8-10-16)14-5-3-2-4-6-14/h2-6,15-16,18H,7-13H2,1H3. The molecule has 2 saturated carbocycles. The van der Waals surface area contributed by atoms with Gasteiger partial charge in [-0.1, -0.05) is 37.3 Å². The van der Waals surface area contributed by atoms with Gasteiger partial charge in [-0.05, 0) is 55.4 Å². The van der Waals surface area contributed by atoms with Crippen LogP contribution in [0.4, 0.5) is 0 Å². The highest BCUT2D eigenvalue weighted by molar-refractivity contribution is 5.20. The third-order valence-corrected chi connectivity index (χ3v) is 4.92. The van der Waals surface area contributed by atoms with Crippen molar-refractivity contribution in [3.05, 3.63) is 35.9 Å². The molecule has 0 aromatic heterocycles. The summed E-state index contributed by atoms with van der Waals surface area (Å²) in [5.41, 5.74) is 2.20. The number of benzene rings is 1. The molecular formula is C17H25N. The first-order valence-electron chi connectivity index (χ1n) is 7.54. The van der Waals surface area contributed by atoms with Crippen LogP contribution in [0.15, 0.2) is 30.3 Å². The van der Waals surface area contributed by atoms with E-state index in [-0.39, 0.29) is 0 Å². The second kappa shape index (κ2) is 5.05. The fourth-order valence-electron chi connectivity index (χ4n) is 3.14. The summed E-state index contributed by atoms with van der Waals surface area (Å²) in [6, 6.07) is 11.8. The fourth-order valence-corrected chi connectivity index (χ4v) is 3.14. The van der Waals surface area contributed by atoms with E-state index < -0.39 is 0 Å². The zero-order chi connectivity index (χ0) is 12.4. The maximum atomic E-state index is 3.80. The van der Waals surface area contributed by atoms with E-state index >= 15 is 0 Å². The van der Waals surface area contributed by atoms with E-state index in [1.807, 2.05) is 0 Å². The average Bonchev–Trinajstić information content (AvgIpc) is 3.17. The van der Waals surface area contributed by atoms with E-state index in [4.69, 9.17) is 0 Å². The topological polar surface area (TPSA) is 12.0 Å². The van der Waals surface area contributed by atoms with E-state index in [0.717, 1.165) is 12.0 Å². The number of nitrogens with one attached hydrogen (secondary N) is 1.